The van der Waals surface area contributed by atoms with Crippen LogP contribution in [0.3, 0.4) is 0 Å². The Bertz CT molecular complexity index is 1840. The molecule has 5 aromatic carbocycles. The van der Waals surface area contributed by atoms with Crippen LogP contribution in [0, 0.1) is 0 Å². The molecule has 6 aromatic rings. The van der Waals surface area contributed by atoms with Crippen molar-refractivity contribution in [3.8, 4) is 22.7 Å². The third-order valence-electron chi connectivity index (χ3n) is 6.62. The summed E-state index contributed by atoms with van der Waals surface area (Å²) in [6.45, 7) is 0.375. The summed E-state index contributed by atoms with van der Waals surface area (Å²) >= 11 is 6.20. The average Bonchev–Trinajstić information content (AvgIpc) is 3.47. The summed E-state index contributed by atoms with van der Waals surface area (Å²) in [7, 11) is 0. The Balaban J connectivity index is 1.19. The van der Waals surface area contributed by atoms with Gasteiger partial charge in [-0.3, -0.25) is 4.79 Å². The molecule has 41 heavy (non-hydrogen) atoms. The second-order valence-corrected chi connectivity index (χ2v) is 9.74. The van der Waals surface area contributed by atoms with Gasteiger partial charge in [0.2, 0.25) is 0 Å². The molecule has 0 unspecified atom stereocenters. The Labute approximate surface area is 242 Å². The van der Waals surface area contributed by atoms with Crippen LogP contribution in [0.2, 0.25) is 5.02 Å². The molecule has 0 aliphatic carbocycles. The molecule has 0 atom stereocenters. The van der Waals surface area contributed by atoms with Gasteiger partial charge in [0.15, 0.2) is 5.69 Å². The first-order valence-corrected chi connectivity index (χ1v) is 13.5. The molecule has 0 saturated heterocycles. The van der Waals surface area contributed by atoms with Gasteiger partial charge in [-0.15, -0.1) is 0 Å². The normalized spacial score (nSPS) is 11.1. The Kier molecular flexibility index (Phi) is 7.56. The lowest BCUT2D eigenvalue weighted by atomic mass is 10.0. The number of halogens is 1. The SMILES string of the molecule is O=C(N/N=C\c1ccc(OCc2ccccc2Cl)cc1)c1cc(-c2cccc3ccccc23)n(-c2ccccc2)n1. The molecule has 0 radical (unpaired) electrons. The number of carbonyl (C=O) groups excluding carboxylic acids is 1. The lowest BCUT2D eigenvalue weighted by Gasteiger charge is -2.10. The zero-order valence-corrected chi connectivity index (χ0v) is 22.7. The molecule has 0 bridgehead atoms. The van der Waals surface area contributed by atoms with Gasteiger partial charge in [0.25, 0.3) is 5.91 Å². The summed E-state index contributed by atoms with van der Waals surface area (Å²) in [5.41, 5.74) is 7.25. The van der Waals surface area contributed by atoms with E-state index >= 15 is 0 Å². The molecule has 0 spiro atoms. The largest absolute Gasteiger partial charge is 0.489 e. The van der Waals surface area contributed by atoms with Gasteiger partial charge >= 0.3 is 0 Å². The predicted octanol–water partition coefficient (Wildman–Crippen LogP) is 7.69. The van der Waals surface area contributed by atoms with Crippen molar-refractivity contribution in [1.82, 2.24) is 15.2 Å². The van der Waals surface area contributed by atoms with Gasteiger partial charge in [-0.25, -0.2) is 10.1 Å². The maximum absolute atomic E-state index is 13.1. The fourth-order valence-corrected chi connectivity index (χ4v) is 4.74. The van der Waals surface area contributed by atoms with Crippen molar-refractivity contribution in [3.05, 3.63) is 149 Å². The van der Waals surface area contributed by atoms with Crippen LogP contribution in [0.1, 0.15) is 21.6 Å². The molecule has 0 aliphatic heterocycles. The monoisotopic (exact) mass is 556 g/mol. The van der Waals surface area contributed by atoms with E-state index in [1.807, 2.05) is 103 Å². The van der Waals surface area contributed by atoms with E-state index in [0.29, 0.717) is 17.4 Å². The van der Waals surface area contributed by atoms with Gasteiger partial charge in [-0.2, -0.15) is 10.2 Å². The van der Waals surface area contributed by atoms with Crippen LogP contribution in [0.15, 0.2) is 132 Å². The number of fused-ring (bicyclic) bond motifs is 1. The van der Waals surface area contributed by atoms with E-state index in [1.165, 1.54) is 0 Å². The van der Waals surface area contributed by atoms with E-state index in [2.05, 4.69) is 33.8 Å². The molecule has 7 heteroatoms. The number of para-hydroxylation sites is 1. The molecular weight excluding hydrogens is 532 g/mol. The molecule has 200 valence electrons. The average molecular weight is 557 g/mol. The van der Waals surface area contributed by atoms with E-state index in [9.17, 15) is 4.79 Å². The number of ether oxygens (including phenoxy) is 1. The number of hydrogen-bond acceptors (Lipinski definition) is 4. The highest BCUT2D eigenvalue weighted by Crippen LogP contribution is 2.31. The molecule has 1 heterocycles. The Morgan fingerprint density at radius 3 is 2.41 bits per heavy atom. The zero-order chi connectivity index (χ0) is 28.0. The molecule has 1 aromatic heterocycles. The molecule has 1 N–H and O–H groups in total. The van der Waals surface area contributed by atoms with E-state index in [4.69, 9.17) is 16.3 Å². The van der Waals surface area contributed by atoms with Crippen molar-refractivity contribution >= 4 is 34.5 Å². The number of aromatic nitrogens is 2. The van der Waals surface area contributed by atoms with Crippen LogP contribution in [-0.2, 0) is 6.61 Å². The van der Waals surface area contributed by atoms with Crippen LogP contribution in [0.5, 0.6) is 5.75 Å². The minimum absolute atomic E-state index is 0.261. The number of nitrogens with one attached hydrogen (secondary N) is 1. The van der Waals surface area contributed by atoms with Gasteiger partial charge < -0.3 is 4.74 Å². The molecule has 0 aliphatic rings. The van der Waals surface area contributed by atoms with Gasteiger partial charge in [-0.05, 0) is 64.9 Å². The third kappa shape index (κ3) is 5.88. The van der Waals surface area contributed by atoms with Crippen LogP contribution < -0.4 is 10.2 Å². The lowest BCUT2D eigenvalue weighted by molar-refractivity contribution is 0.0949. The maximum atomic E-state index is 13.1. The molecule has 6 nitrogen and oxygen atoms in total. The number of amides is 1. The van der Waals surface area contributed by atoms with E-state index in [-0.39, 0.29) is 5.69 Å². The van der Waals surface area contributed by atoms with Crippen molar-refractivity contribution in [2.75, 3.05) is 0 Å². The number of benzene rings is 5. The van der Waals surface area contributed by atoms with Crippen LogP contribution in [0.4, 0.5) is 0 Å². The zero-order valence-electron chi connectivity index (χ0n) is 21.9. The summed E-state index contributed by atoms with van der Waals surface area (Å²) in [5, 5.41) is 11.7. The van der Waals surface area contributed by atoms with Gasteiger partial charge in [0.1, 0.15) is 12.4 Å². The number of nitrogens with zero attached hydrogens (tertiary/aromatic N) is 3. The Hall–Kier alpha value is -5.20. The maximum Gasteiger partial charge on any atom is 0.291 e. The highest BCUT2D eigenvalue weighted by atomic mass is 35.5. The number of hydrogen-bond donors (Lipinski definition) is 1. The van der Waals surface area contributed by atoms with Crippen molar-refractivity contribution in [2.45, 2.75) is 6.61 Å². The molecule has 0 fully saturated rings. The van der Waals surface area contributed by atoms with Crippen molar-refractivity contribution in [2.24, 2.45) is 5.10 Å². The minimum Gasteiger partial charge on any atom is -0.489 e. The summed E-state index contributed by atoms with van der Waals surface area (Å²) in [6.07, 6.45) is 1.58. The number of rotatable bonds is 8. The predicted molar refractivity (Wildman–Crippen MR) is 164 cm³/mol. The number of carbonyl (C=O) groups is 1. The summed E-state index contributed by atoms with van der Waals surface area (Å²) in [5.74, 6) is 0.302. The summed E-state index contributed by atoms with van der Waals surface area (Å²) in [4.78, 5) is 13.1. The first-order chi connectivity index (χ1) is 20.2. The Morgan fingerprint density at radius 2 is 1.59 bits per heavy atom. The number of hydrazone groups is 1. The topological polar surface area (TPSA) is 68.5 Å². The molecular formula is C34H25ClN4O2. The van der Waals surface area contributed by atoms with Crippen LogP contribution in [-0.4, -0.2) is 21.9 Å². The second-order valence-electron chi connectivity index (χ2n) is 9.34. The summed E-state index contributed by atoms with van der Waals surface area (Å²) in [6, 6.07) is 40.8. The van der Waals surface area contributed by atoms with Gasteiger partial charge in [-0.1, -0.05) is 90.5 Å². The highest BCUT2D eigenvalue weighted by Gasteiger charge is 2.18. The first-order valence-electron chi connectivity index (χ1n) is 13.1. The molecule has 0 saturated carbocycles. The molecule has 1 amide bonds. The van der Waals surface area contributed by atoms with E-state index in [1.54, 1.807) is 17.0 Å². The fourth-order valence-electron chi connectivity index (χ4n) is 4.55. The fraction of sp³-hybridized carbons (Fsp3) is 0.0294. The van der Waals surface area contributed by atoms with Crippen molar-refractivity contribution in [1.29, 1.82) is 0 Å². The van der Waals surface area contributed by atoms with Crippen LogP contribution in [0.25, 0.3) is 27.7 Å². The van der Waals surface area contributed by atoms with Crippen molar-refractivity contribution in [3.63, 3.8) is 0 Å². The van der Waals surface area contributed by atoms with Crippen molar-refractivity contribution < 1.29 is 9.53 Å². The standard InChI is InChI=1S/C34H25ClN4O2/c35-31-16-7-5-10-26(31)23-41-28-19-17-24(18-20-28)22-36-37-34(40)32-21-33(39(38-32)27-12-2-1-3-13-27)30-15-8-11-25-9-4-6-14-29(25)30/h1-22H,23H2,(H,37,40)/b36-22-. The summed E-state index contributed by atoms with van der Waals surface area (Å²) < 4.78 is 7.63. The van der Waals surface area contributed by atoms with E-state index < -0.39 is 5.91 Å². The quantitative estimate of drug-likeness (QED) is 0.154. The highest BCUT2D eigenvalue weighted by molar-refractivity contribution is 6.31. The Morgan fingerprint density at radius 1 is 0.854 bits per heavy atom. The van der Waals surface area contributed by atoms with Gasteiger partial charge in [0, 0.05) is 16.1 Å². The van der Waals surface area contributed by atoms with E-state index in [0.717, 1.165) is 38.8 Å². The molecule has 6 rings (SSSR count). The van der Waals surface area contributed by atoms with Gasteiger partial charge in [0.05, 0.1) is 17.6 Å². The second kappa shape index (κ2) is 11.9. The minimum atomic E-state index is -0.405. The smallest absolute Gasteiger partial charge is 0.291 e. The third-order valence-corrected chi connectivity index (χ3v) is 6.99. The van der Waals surface area contributed by atoms with Crippen LogP contribution >= 0.6 is 11.6 Å². The lowest BCUT2D eigenvalue weighted by Crippen LogP contribution is -2.18. The first kappa shape index (κ1) is 26.0.